The lowest BCUT2D eigenvalue weighted by atomic mass is 9.95. The number of halogens is 1. The van der Waals surface area contributed by atoms with Crippen LogP contribution in [0.2, 0.25) is 0 Å². The van der Waals surface area contributed by atoms with E-state index in [4.69, 9.17) is 0 Å². The lowest BCUT2D eigenvalue weighted by molar-refractivity contribution is -0.120. The van der Waals surface area contributed by atoms with Crippen molar-refractivity contribution in [3.63, 3.8) is 0 Å². The normalized spacial score (nSPS) is 25.2. The highest BCUT2D eigenvalue weighted by molar-refractivity contribution is 9.10. The van der Waals surface area contributed by atoms with E-state index in [1.807, 2.05) is 53.4 Å². The van der Waals surface area contributed by atoms with Crippen LogP contribution in [0, 0.1) is 17.2 Å². The average Bonchev–Trinajstić information content (AvgIpc) is 3.24. The van der Waals surface area contributed by atoms with E-state index in [2.05, 4.69) is 22.0 Å². The Morgan fingerprint density at radius 2 is 2.05 bits per heavy atom. The van der Waals surface area contributed by atoms with E-state index in [-0.39, 0.29) is 11.8 Å². The van der Waals surface area contributed by atoms with Crippen molar-refractivity contribution in [1.82, 2.24) is 0 Å². The molecule has 2 aliphatic rings. The van der Waals surface area contributed by atoms with E-state index >= 15 is 0 Å². The van der Waals surface area contributed by atoms with Crippen LogP contribution in [0.25, 0.3) is 0 Å². The van der Waals surface area contributed by atoms with Crippen LogP contribution in [-0.4, -0.2) is 5.91 Å². The van der Waals surface area contributed by atoms with Gasteiger partial charge in [0.25, 0.3) is 0 Å². The van der Waals surface area contributed by atoms with Crippen LogP contribution in [0.5, 0.6) is 0 Å². The molecule has 4 heteroatoms. The minimum absolute atomic E-state index is 0.0657. The molecule has 2 aromatic carbocycles. The monoisotopic (exact) mass is 352 g/mol. The van der Waals surface area contributed by atoms with Crippen LogP contribution in [0.1, 0.15) is 17.5 Å². The van der Waals surface area contributed by atoms with Crippen LogP contribution in [0.3, 0.4) is 0 Å². The average molecular weight is 353 g/mol. The van der Waals surface area contributed by atoms with Gasteiger partial charge in [-0.1, -0.05) is 46.3 Å². The van der Waals surface area contributed by atoms with Gasteiger partial charge in [-0.05, 0) is 35.7 Å². The van der Waals surface area contributed by atoms with Gasteiger partial charge in [0, 0.05) is 10.2 Å². The Labute approximate surface area is 137 Å². The molecule has 4 rings (SSSR count). The fourth-order valence-electron chi connectivity index (χ4n) is 3.44. The van der Waals surface area contributed by atoms with Gasteiger partial charge in [0.1, 0.15) is 0 Å². The third-order valence-electron chi connectivity index (χ3n) is 4.66. The maximum absolute atomic E-state index is 13.0. The van der Waals surface area contributed by atoms with Gasteiger partial charge in [-0.15, -0.1) is 0 Å². The largest absolute Gasteiger partial charge is 0.307 e. The molecule has 2 aromatic rings. The van der Waals surface area contributed by atoms with Crippen LogP contribution in [-0.2, 0) is 16.8 Å². The highest BCUT2D eigenvalue weighted by Crippen LogP contribution is 2.61. The molecule has 1 saturated carbocycles. The minimum atomic E-state index is -0.608. The molecule has 0 unspecified atom stereocenters. The summed E-state index contributed by atoms with van der Waals surface area (Å²) < 4.78 is 0.948. The number of carbonyl (C=O) groups is 1. The molecule has 108 valence electrons. The number of hydrogen-bond acceptors (Lipinski definition) is 2. The van der Waals surface area contributed by atoms with Gasteiger partial charge in [0.15, 0.2) is 0 Å². The van der Waals surface area contributed by atoms with Crippen molar-refractivity contribution >= 4 is 27.5 Å². The summed E-state index contributed by atoms with van der Waals surface area (Å²) in [5.74, 6) is -0.134. The summed E-state index contributed by atoms with van der Waals surface area (Å²) in [4.78, 5) is 14.8. The number of nitriles is 1. The SMILES string of the molecule is N#C[C@H]1C[C@]12C(=O)N(Cc1ccccc1)c1ccc(Br)cc12. The Morgan fingerprint density at radius 3 is 2.73 bits per heavy atom. The second kappa shape index (κ2) is 4.69. The summed E-state index contributed by atoms with van der Waals surface area (Å²) in [5.41, 5.74) is 2.42. The number of amides is 1. The summed E-state index contributed by atoms with van der Waals surface area (Å²) >= 11 is 3.48. The number of hydrogen-bond donors (Lipinski definition) is 0. The molecular weight excluding hydrogens is 340 g/mol. The first-order valence-corrected chi connectivity index (χ1v) is 8.01. The molecule has 0 bridgehead atoms. The Morgan fingerprint density at radius 1 is 1.27 bits per heavy atom. The topological polar surface area (TPSA) is 44.1 Å². The van der Waals surface area contributed by atoms with Crippen LogP contribution in [0.15, 0.2) is 53.0 Å². The Balaban J connectivity index is 1.79. The maximum atomic E-state index is 13.0. The Bertz CT molecular complexity index is 812. The van der Waals surface area contributed by atoms with Gasteiger partial charge in [-0.2, -0.15) is 5.26 Å². The summed E-state index contributed by atoms with van der Waals surface area (Å²) in [6, 6.07) is 18.2. The number of anilines is 1. The molecule has 1 heterocycles. The molecule has 1 spiro atoms. The van der Waals surface area contributed by atoms with Crippen LogP contribution in [0.4, 0.5) is 5.69 Å². The molecule has 0 N–H and O–H groups in total. The first-order valence-electron chi connectivity index (χ1n) is 7.22. The van der Waals surface area contributed by atoms with Gasteiger partial charge < -0.3 is 4.90 Å². The molecule has 2 atom stereocenters. The van der Waals surface area contributed by atoms with Crippen LogP contribution < -0.4 is 4.90 Å². The number of carbonyl (C=O) groups excluding carboxylic acids is 1. The predicted octanol–water partition coefficient (Wildman–Crippen LogP) is 3.78. The fourth-order valence-corrected chi connectivity index (χ4v) is 3.80. The van der Waals surface area contributed by atoms with Crippen molar-refractivity contribution < 1.29 is 4.79 Å². The van der Waals surface area contributed by atoms with Crippen molar-refractivity contribution in [2.24, 2.45) is 5.92 Å². The predicted molar refractivity (Wildman–Crippen MR) is 87.2 cm³/mol. The second-order valence-electron chi connectivity index (χ2n) is 5.90. The highest BCUT2D eigenvalue weighted by Gasteiger charge is 2.67. The smallest absolute Gasteiger partial charge is 0.239 e. The molecule has 1 aliphatic heterocycles. The summed E-state index contributed by atoms with van der Waals surface area (Å²) in [7, 11) is 0. The molecule has 3 nitrogen and oxygen atoms in total. The van der Waals surface area contributed by atoms with E-state index in [0.717, 1.165) is 21.3 Å². The van der Waals surface area contributed by atoms with Crippen molar-refractivity contribution in [2.45, 2.75) is 18.4 Å². The number of nitrogens with zero attached hydrogens (tertiary/aromatic N) is 2. The van der Waals surface area contributed by atoms with E-state index in [1.165, 1.54) is 0 Å². The van der Waals surface area contributed by atoms with Gasteiger partial charge in [-0.25, -0.2) is 0 Å². The third-order valence-corrected chi connectivity index (χ3v) is 5.15. The maximum Gasteiger partial charge on any atom is 0.239 e. The number of rotatable bonds is 2. The highest BCUT2D eigenvalue weighted by atomic mass is 79.9. The van der Waals surface area contributed by atoms with Gasteiger partial charge in [-0.3, -0.25) is 4.79 Å². The summed E-state index contributed by atoms with van der Waals surface area (Å²) in [5, 5.41) is 9.29. The van der Waals surface area contributed by atoms with E-state index < -0.39 is 5.41 Å². The fraction of sp³-hybridized carbons (Fsp3) is 0.222. The summed E-state index contributed by atoms with van der Waals surface area (Å²) in [6.07, 6.45) is 0.636. The Kier molecular flexibility index (Phi) is 2.88. The summed E-state index contributed by atoms with van der Waals surface area (Å²) in [6.45, 7) is 0.550. The standard InChI is InChI=1S/C18H13BrN2O/c19-14-6-7-16-15(8-14)18(9-13(18)10-20)17(22)21(16)11-12-4-2-1-3-5-12/h1-8,13H,9,11H2/t13-,18+/m1/s1. The number of fused-ring (bicyclic) bond motifs is 2. The zero-order chi connectivity index (χ0) is 15.3. The van der Waals surface area contributed by atoms with Crippen molar-refractivity contribution in [3.05, 3.63) is 64.1 Å². The van der Waals surface area contributed by atoms with Crippen molar-refractivity contribution in [1.29, 1.82) is 5.26 Å². The lowest BCUT2D eigenvalue weighted by Crippen LogP contribution is -2.32. The van der Waals surface area contributed by atoms with E-state index in [9.17, 15) is 10.1 Å². The minimum Gasteiger partial charge on any atom is -0.307 e. The Hall–Kier alpha value is -2.12. The molecule has 1 fully saturated rings. The molecule has 0 saturated heterocycles. The molecule has 1 aliphatic carbocycles. The quantitative estimate of drug-likeness (QED) is 0.825. The van der Waals surface area contributed by atoms with E-state index in [0.29, 0.717) is 13.0 Å². The first kappa shape index (κ1) is 13.5. The third kappa shape index (κ3) is 1.75. The number of benzene rings is 2. The van der Waals surface area contributed by atoms with Gasteiger partial charge in [0.05, 0.1) is 23.9 Å². The molecular formula is C18H13BrN2O. The molecule has 0 aromatic heterocycles. The van der Waals surface area contributed by atoms with Crippen LogP contribution >= 0.6 is 15.9 Å². The lowest BCUT2D eigenvalue weighted by Gasteiger charge is -2.18. The molecule has 0 radical (unpaired) electrons. The van der Waals surface area contributed by atoms with Crippen molar-refractivity contribution in [3.8, 4) is 6.07 Å². The first-order chi connectivity index (χ1) is 10.7. The van der Waals surface area contributed by atoms with Gasteiger partial charge >= 0.3 is 0 Å². The van der Waals surface area contributed by atoms with Crippen molar-refractivity contribution in [2.75, 3.05) is 4.90 Å². The zero-order valence-electron chi connectivity index (χ0n) is 11.8. The van der Waals surface area contributed by atoms with Gasteiger partial charge in [0.2, 0.25) is 5.91 Å². The molecule has 1 amide bonds. The second-order valence-corrected chi connectivity index (χ2v) is 6.81. The molecule has 22 heavy (non-hydrogen) atoms. The van der Waals surface area contributed by atoms with E-state index in [1.54, 1.807) is 0 Å². The zero-order valence-corrected chi connectivity index (χ0v) is 13.4.